The molecular weight excluding hydrogens is 271 g/mol. The molecule has 0 bridgehead atoms. The lowest BCUT2D eigenvalue weighted by atomic mass is 9.73. The van der Waals surface area contributed by atoms with Gasteiger partial charge >= 0.3 is 6.36 Å². The number of ether oxygens (including phenoxy) is 2. The summed E-state index contributed by atoms with van der Waals surface area (Å²) in [7, 11) is 1.65. The van der Waals surface area contributed by atoms with Gasteiger partial charge in [0.25, 0.3) is 0 Å². The second kappa shape index (κ2) is 5.61. The van der Waals surface area contributed by atoms with Crippen molar-refractivity contribution in [2.75, 3.05) is 7.11 Å². The Kier molecular flexibility index (Phi) is 4.25. The monoisotopic (exact) mass is 289 g/mol. The number of rotatable bonds is 5. The molecule has 1 unspecified atom stereocenters. The molecule has 1 aliphatic carbocycles. The average Bonchev–Trinajstić information content (AvgIpc) is 2.29. The second-order valence-electron chi connectivity index (χ2n) is 5.12. The van der Waals surface area contributed by atoms with Gasteiger partial charge in [-0.1, -0.05) is 12.1 Å². The molecule has 2 N–H and O–H groups in total. The van der Waals surface area contributed by atoms with Crippen molar-refractivity contribution in [1.29, 1.82) is 0 Å². The van der Waals surface area contributed by atoms with Gasteiger partial charge in [0.05, 0.1) is 5.60 Å². The van der Waals surface area contributed by atoms with Gasteiger partial charge in [-0.25, -0.2) is 0 Å². The zero-order valence-corrected chi connectivity index (χ0v) is 11.2. The molecule has 20 heavy (non-hydrogen) atoms. The number of alkyl halides is 3. The molecule has 6 heteroatoms. The van der Waals surface area contributed by atoms with Gasteiger partial charge in [0, 0.05) is 13.2 Å². The third-order valence-electron chi connectivity index (χ3n) is 3.89. The van der Waals surface area contributed by atoms with Gasteiger partial charge in [0.15, 0.2) is 0 Å². The Balaban J connectivity index is 1.97. The fourth-order valence-electron chi connectivity index (χ4n) is 2.52. The summed E-state index contributed by atoms with van der Waals surface area (Å²) in [6.45, 7) is 0. The van der Waals surface area contributed by atoms with Crippen LogP contribution in [0.2, 0.25) is 0 Å². The number of methoxy groups -OCH3 is 1. The van der Waals surface area contributed by atoms with Crippen molar-refractivity contribution in [3.05, 3.63) is 29.8 Å². The Morgan fingerprint density at radius 1 is 1.25 bits per heavy atom. The minimum atomic E-state index is -4.66. The number of hydrogen-bond acceptors (Lipinski definition) is 3. The first-order chi connectivity index (χ1) is 9.35. The molecule has 1 aromatic carbocycles. The highest BCUT2D eigenvalue weighted by atomic mass is 19.4. The quantitative estimate of drug-likeness (QED) is 0.906. The van der Waals surface area contributed by atoms with Gasteiger partial charge in [-0.15, -0.1) is 13.2 Å². The second-order valence-corrected chi connectivity index (χ2v) is 5.12. The van der Waals surface area contributed by atoms with E-state index in [1.54, 1.807) is 19.2 Å². The van der Waals surface area contributed by atoms with Crippen molar-refractivity contribution in [3.63, 3.8) is 0 Å². The molecule has 112 valence electrons. The maximum absolute atomic E-state index is 12.0. The molecule has 0 amide bonds. The molecule has 1 aliphatic rings. The standard InChI is InChI=1S/C14H18F3NO2/c1-19-13(7-2-8-13)12(18)9-10-3-5-11(6-4-10)20-14(15,16)17/h3-6,12H,2,7-9,18H2,1H3. The van der Waals surface area contributed by atoms with Gasteiger partial charge in [-0.3, -0.25) is 0 Å². The van der Waals surface area contributed by atoms with E-state index in [4.69, 9.17) is 10.5 Å². The van der Waals surface area contributed by atoms with Crippen molar-refractivity contribution < 1.29 is 22.6 Å². The normalized spacial score (nSPS) is 19.2. The minimum Gasteiger partial charge on any atom is -0.406 e. The summed E-state index contributed by atoms with van der Waals surface area (Å²) in [6.07, 6.45) is -1.14. The Hall–Kier alpha value is -1.27. The van der Waals surface area contributed by atoms with Crippen molar-refractivity contribution in [1.82, 2.24) is 0 Å². The van der Waals surface area contributed by atoms with Crippen LogP contribution in [0.1, 0.15) is 24.8 Å². The molecule has 1 saturated carbocycles. The third-order valence-corrected chi connectivity index (χ3v) is 3.89. The first-order valence-electron chi connectivity index (χ1n) is 6.50. The van der Waals surface area contributed by atoms with E-state index in [9.17, 15) is 13.2 Å². The van der Waals surface area contributed by atoms with E-state index in [0.29, 0.717) is 6.42 Å². The molecule has 1 fully saturated rings. The summed E-state index contributed by atoms with van der Waals surface area (Å²) in [5.74, 6) is -0.222. The lowest BCUT2D eigenvalue weighted by Crippen LogP contribution is -2.55. The van der Waals surface area contributed by atoms with Gasteiger partial charge in [0.2, 0.25) is 0 Å². The average molecular weight is 289 g/mol. The van der Waals surface area contributed by atoms with E-state index in [1.165, 1.54) is 12.1 Å². The van der Waals surface area contributed by atoms with E-state index in [1.807, 2.05) is 0 Å². The van der Waals surface area contributed by atoms with Gasteiger partial charge < -0.3 is 15.2 Å². The number of halogens is 3. The van der Waals surface area contributed by atoms with E-state index < -0.39 is 6.36 Å². The van der Waals surface area contributed by atoms with Crippen LogP contribution in [0.15, 0.2) is 24.3 Å². The molecule has 3 nitrogen and oxygen atoms in total. The number of hydrogen-bond donors (Lipinski definition) is 1. The van der Waals surface area contributed by atoms with Crippen LogP contribution >= 0.6 is 0 Å². The zero-order chi connectivity index (χ0) is 14.8. The van der Waals surface area contributed by atoms with Crippen LogP contribution < -0.4 is 10.5 Å². The highest BCUT2D eigenvalue weighted by molar-refractivity contribution is 5.28. The van der Waals surface area contributed by atoms with Gasteiger partial charge in [-0.2, -0.15) is 0 Å². The van der Waals surface area contributed by atoms with E-state index >= 15 is 0 Å². The maximum Gasteiger partial charge on any atom is 0.573 e. The SMILES string of the molecule is COC1(C(N)Cc2ccc(OC(F)(F)F)cc2)CCC1. The van der Waals surface area contributed by atoms with Gasteiger partial charge in [-0.05, 0) is 43.4 Å². The molecule has 2 rings (SSSR count). The summed E-state index contributed by atoms with van der Waals surface area (Å²) < 4.78 is 45.5. The van der Waals surface area contributed by atoms with E-state index in [2.05, 4.69) is 4.74 Å². The summed E-state index contributed by atoms with van der Waals surface area (Å²) >= 11 is 0. The third kappa shape index (κ3) is 3.43. The number of nitrogens with two attached hydrogens (primary N) is 1. The predicted molar refractivity (Wildman–Crippen MR) is 68.4 cm³/mol. The minimum absolute atomic E-state index is 0.157. The van der Waals surface area contributed by atoms with E-state index in [-0.39, 0.29) is 17.4 Å². The Morgan fingerprint density at radius 3 is 2.25 bits per heavy atom. The molecule has 0 heterocycles. The molecule has 0 radical (unpaired) electrons. The highest BCUT2D eigenvalue weighted by Gasteiger charge is 2.42. The maximum atomic E-state index is 12.0. The van der Waals surface area contributed by atoms with Crippen LogP contribution in [-0.4, -0.2) is 25.1 Å². The summed E-state index contributed by atoms with van der Waals surface area (Å²) in [5.41, 5.74) is 6.75. The summed E-state index contributed by atoms with van der Waals surface area (Å²) in [6, 6.07) is 5.65. The fraction of sp³-hybridized carbons (Fsp3) is 0.571. The van der Waals surface area contributed by atoms with Crippen molar-refractivity contribution in [2.45, 2.75) is 43.7 Å². The van der Waals surface area contributed by atoms with Crippen LogP contribution in [0.4, 0.5) is 13.2 Å². The van der Waals surface area contributed by atoms with Crippen LogP contribution in [0.25, 0.3) is 0 Å². The van der Waals surface area contributed by atoms with Gasteiger partial charge in [0.1, 0.15) is 5.75 Å². The number of benzene rings is 1. The highest BCUT2D eigenvalue weighted by Crippen LogP contribution is 2.38. The van der Waals surface area contributed by atoms with Crippen LogP contribution in [0.5, 0.6) is 5.75 Å². The Bertz CT molecular complexity index is 435. The first kappa shape index (κ1) is 15.1. The van der Waals surface area contributed by atoms with Crippen molar-refractivity contribution in [3.8, 4) is 5.75 Å². The summed E-state index contributed by atoms with van der Waals surface area (Å²) in [4.78, 5) is 0. The molecule has 0 saturated heterocycles. The van der Waals surface area contributed by atoms with Crippen LogP contribution in [0.3, 0.4) is 0 Å². The molecule has 0 spiro atoms. The van der Waals surface area contributed by atoms with Crippen LogP contribution in [0, 0.1) is 0 Å². The fourth-order valence-corrected chi connectivity index (χ4v) is 2.52. The smallest absolute Gasteiger partial charge is 0.406 e. The van der Waals surface area contributed by atoms with Crippen LogP contribution in [-0.2, 0) is 11.2 Å². The lowest BCUT2D eigenvalue weighted by molar-refractivity contribution is -0.274. The first-order valence-corrected chi connectivity index (χ1v) is 6.50. The lowest BCUT2D eigenvalue weighted by Gasteiger charge is -2.45. The zero-order valence-electron chi connectivity index (χ0n) is 11.2. The van der Waals surface area contributed by atoms with Crippen molar-refractivity contribution >= 4 is 0 Å². The Labute approximate surface area is 115 Å². The molecule has 1 atom stereocenters. The predicted octanol–water partition coefficient (Wildman–Crippen LogP) is 3.02. The van der Waals surface area contributed by atoms with E-state index in [0.717, 1.165) is 24.8 Å². The largest absolute Gasteiger partial charge is 0.573 e. The Morgan fingerprint density at radius 2 is 1.85 bits per heavy atom. The summed E-state index contributed by atoms with van der Waals surface area (Å²) in [5, 5.41) is 0. The molecule has 1 aromatic rings. The topological polar surface area (TPSA) is 44.5 Å². The van der Waals surface area contributed by atoms with Crippen molar-refractivity contribution in [2.24, 2.45) is 5.73 Å². The molecule has 0 aliphatic heterocycles. The molecule has 0 aromatic heterocycles. The molecular formula is C14H18F3NO2.